The number of thioether (sulfide) groups is 1. The van der Waals surface area contributed by atoms with Gasteiger partial charge < -0.3 is 5.11 Å². The Labute approximate surface area is 111 Å². The first kappa shape index (κ1) is 12.4. The van der Waals surface area contributed by atoms with Gasteiger partial charge in [0.15, 0.2) is 4.47 Å². The number of carboxylic acid groups (broad SMARTS) is 1. The molecule has 0 radical (unpaired) electrons. The van der Waals surface area contributed by atoms with Crippen molar-refractivity contribution in [2.24, 2.45) is 0 Å². The number of carbonyl (C=O) groups is 1. The van der Waals surface area contributed by atoms with Gasteiger partial charge in [0.1, 0.15) is 0 Å². The highest BCUT2D eigenvalue weighted by molar-refractivity contribution is 7.98. The Morgan fingerprint density at radius 3 is 3.00 bits per heavy atom. The van der Waals surface area contributed by atoms with E-state index in [1.807, 2.05) is 6.07 Å². The second kappa shape index (κ2) is 5.53. The average Bonchev–Trinajstić information content (AvgIpc) is 2.73. The van der Waals surface area contributed by atoms with Crippen LogP contribution in [0.25, 0.3) is 0 Å². The van der Waals surface area contributed by atoms with Crippen molar-refractivity contribution in [3.8, 4) is 0 Å². The molecule has 17 heavy (non-hydrogen) atoms. The predicted molar refractivity (Wildman–Crippen MR) is 70.1 cm³/mol. The van der Waals surface area contributed by atoms with Crippen molar-refractivity contribution < 1.29 is 9.90 Å². The van der Waals surface area contributed by atoms with Gasteiger partial charge in [-0.2, -0.15) is 0 Å². The van der Waals surface area contributed by atoms with Crippen molar-refractivity contribution in [2.75, 3.05) is 0 Å². The van der Waals surface area contributed by atoms with Crippen LogP contribution in [0.5, 0.6) is 0 Å². The maximum absolute atomic E-state index is 10.8. The van der Waals surface area contributed by atoms with Crippen molar-refractivity contribution in [3.63, 3.8) is 0 Å². The van der Waals surface area contributed by atoms with Gasteiger partial charge in [-0.25, -0.2) is 9.78 Å². The first-order chi connectivity index (χ1) is 8.15. The molecule has 0 unspecified atom stereocenters. The molecular formula is C11H8ClNO2S2. The zero-order valence-corrected chi connectivity index (χ0v) is 11.0. The Bertz CT molecular complexity index is 542. The van der Waals surface area contributed by atoms with E-state index in [2.05, 4.69) is 4.98 Å². The Balaban J connectivity index is 2.04. The van der Waals surface area contributed by atoms with Crippen LogP contribution >= 0.6 is 34.7 Å². The van der Waals surface area contributed by atoms with E-state index in [0.717, 1.165) is 15.5 Å². The first-order valence-electron chi connectivity index (χ1n) is 4.71. The fourth-order valence-electron chi connectivity index (χ4n) is 1.22. The third-order valence-electron chi connectivity index (χ3n) is 1.99. The van der Waals surface area contributed by atoms with Gasteiger partial charge in [-0.3, -0.25) is 0 Å². The van der Waals surface area contributed by atoms with Crippen molar-refractivity contribution in [1.29, 1.82) is 0 Å². The summed E-state index contributed by atoms with van der Waals surface area (Å²) in [5.41, 5.74) is 0.303. The van der Waals surface area contributed by atoms with Gasteiger partial charge in [-0.15, -0.1) is 23.1 Å². The number of aromatic nitrogens is 1. The molecule has 1 heterocycles. The van der Waals surface area contributed by atoms with Crippen LogP contribution in [0.3, 0.4) is 0 Å². The molecule has 1 aromatic heterocycles. The lowest BCUT2D eigenvalue weighted by Gasteiger charge is -2.00. The van der Waals surface area contributed by atoms with Gasteiger partial charge >= 0.3 is 5.97 Å². The van der Waals surface area contributed by atoms with E-state index in [-0.39, 0.29) is 0 Å². The number of halogens is 1. The number of nitrogens with zero attached hydrogens (tertiary/aromatic N) is 1. The molecule has 0 atom stereocenters. The standard InChI is InChI=1S/C11H8ClNO2S2/c12-11-13-5-9(17-11)6-16-8-3-1-2-7(4-8)10(14)15/h1-5H,6H2,(H,14,15). The highest BCUT2D eigenvalue weighted by atomic mass is 35.5. The first-order valence-corrected chi connectivity index (χ1v) is 6.89. The SMILES string of the molecule is O=C(O)c1cccc(SCc2cnc(Cl)s2)c1. The topological polar surface area (TPSA) is 50.2 Å². The number of aromatic carboxylic acids is 1. The lowest BCUT2D eigenvalue weighted by Crippen LogP contribution is -1.95. The van der Waals surface area contributed by atoms with Crippen molar-refractivity contribution in [2.45, 2.75) is 10.6 Å². The fourth-order valence-corrected chi connectivity index (χ4v) is 3.18. The zero-order valence-electron chi connectivity index (χ0n) is 8.59. The van der Waals surface area contributed by atoms with Crippen molar-refractivity contribution in [1.82, 2.24) is 4.98 Å². The van der Waals surface area contributed by atoms with Crippen LogP contribution in [-0.2, 0) is 5.75 Å². The Morgan fingerprint density at radius 2 is 2.35 bits per heavy atom. The number of thiazole rings is 1. The van der Waals surface area contributed by atoms with Gasteiger partial charge in [-0.05, 0) is 18.2 Å². The number of rotatable bonds is 4. The number of hydrogen-bond acceptors (Lipinski definition) is 4. The minimum absolute atomic E-state index is 0.303. The van der Waals surface area contributed by atoms with Crippen LogP contribution in [0.1, 0.15) is 15.2 Å². The molecule has 0 aliphatic carbocycles. The molecule has 0 amide bonds. The Kier molecular flexibility index (Phi) is 4.04. The molecular weight excluding hydrogens is 278 g/mol. The normalized spacial score (nSPS) is 10.4. The van der Waals surface area contributed by atoms with Crippen LogP contribution in [0.15, 0.2) is 35.4 Å². The monoisotopic (exact) mass is 285 g/mol. The van der Waals surface area contributed by atoms with E-state index >= 15 is 0 Å². The molecule has 0 aliphatic heterocycles. The van der Waals surface area contributed by atoms with E-state index < -0.39 is 5.97 Å². The highest BCUT2D eigenvalue weighted by Gasteiger charge is 2.05. The molecule has 0 spiro atoms. The van der Waals surface area contributed by atoms with Crippen LogP contribution in [0.2, 0.25) is 4.47 Å². The largest absolute Gasteiger partial charge is 0.478 e. The third-order valence-corrected chi connectivity index (χ3v) is 4.33. The van der Waals surface area contributed by atoms with E-state index in [4.69, 9.17) is 16.7 Å². The molecule has 2 aromatic rings. The molecule has 1 N–H and O–H groups in total. The van der Waals surface area contributed by atoms with Crippen molar-refractivity contribution in [3.05, 3.63) is 45.4 Å². The molecule has 88 valence electrons. The summed E-state index contributed by atoms with van der Waals surface area (Å²) in [5, 5.41) is 8.86. The highest BCUT2D eigenvalue weighted by Crippen LogP contribution is 2.27. The number of hydrogen-bond donors (Lipinski definition) is 1. The molecule has 0 aliphatic rings. The molecule has 0 saturated carbocycles. The molecule has 2 rings (SSSR count). The van der Waals surface area contributed by atoms with Gasteiger partial charge in [0.25, 0.3) is 0 Å². The predicted octanol–water partition coefficient (Wildman–Crippen LogP) is 3.79. The Morgan fingerprint density at radius 1 is 1.53 bits per heavy atom. The van der Waals surface area contributed by atoms with Crippen molar-refractivity contribution >= 4 is 40.7 Å². The van der Waals surface area contributed by atoms with E-state index in [0.29, 0.717) is 10.0 Å². The number of carboxylic acids is 1. The molecule has 0 bridgehead atoms. The maximum atomic E-state index is 10.8. The lowest BCUT2D eigenvalue weighted by atomic mass is 10.2. The second-order valence-electron chi connectivity index (χ2n) is 3.20. The van der Waals surface area contributed by atoms with Gasteiger partial charge in [0, 0.05) is 21.7 Å². The summed E-state index contributed by atoms with van der Waals surface area (Å²) in [4.78, 5) is 16.7. The molecule has 1 aromatic carbocycles. The summed E-state index contributed by atoms with van der Waals surface area (Å²) >= 11 is 8.73. The summed E-state index contributed by atoms with van der Waals surface area (Å²) in [6.45, 7) is 0. The summed E-state index contributed by atoms with van der Waals surface area (Å²) in [7, 11) is 0. The fraction of sp³-hybridized carbons (Fsp3) is 0.0909. The van der Waals surface area contributed by atoms with Gasteiger partial charge in [-0.1, -0.05) is 17.7 Å². The second-order valence-corrected chi connectivity index (χ2v) is 5.95. The van der Waals surface area contributed by atoms with E-state index in [1.54, 1.807) is 36.2 Å². The van der Waals surface area contributed by atoms with E-state index in [9.17, 15) is 4.79 Å². The number of benzene rings is 1. The summed E-state index contributed by atoms with van der Waals surface area (Å²) in [5.74, 6) is -0.165. The van der Waals surface area contributed by atoms with Gasteiger partial charge in [0.05, 0.1) is 5.56 Å². The van der Waals surface area contributed by atoms with E-state index in [1.165, 1.54) is 11.3 Å². The Hall–Kier alpha value is -1.04. The quantitative estimate of drug-likeness (QED) is 0.869. The average molecular weight is 286 g/mol. The van der Waals surface area contributed by atoms with Crippen LogP contribution in [0, 0.1) is 0 Å². The molecule has 0 saturated heterocycles. The zero-order chi connectivity index (χ0) is 12.3. The molecule has 6 heteroatoms. The van der Waals surface area contributed by atoms with Crippen LogP contribution in [0.4, 0.5) is 0 Å². The minimum atomic E-state index is -0.909. The van der Waals surface area contributed by atoms with Gasteiger partial charge in [0.2, 0.25) is 0 Å². The summed E-state index contributed by atoms with van der Waals surface area (Å²) < 4.78 is 0.528. The summed E-state index contributed by atoms with van der Waals surface area (Å²) in [6, 6.07) is 6.87. The summed E-state index contributed by atoms with van der Waals surface area (Å²) in [6.07, 6.45) is 1.74. The van der Waals surface area contributed by atoms with Crippen LogP contribution < -0.4 is 0 Å². The lowest BCUT2D eigenvalue weighted by molar-refractivity contribution is 0.0696. The minimum Gasteiger partial charge on any atom is -0.478 e. The maximum Gasteiger partial charge on any atom is 0.335 e. The molecule has 0 fully saturated rings. The smallest absolute Gasteiger partial charge is 0.335 e. The molecule has 3 nitrogen and oxygen atoms in total. The van der Waals surface area contributed by atoms with Crippen LogP contribution in [-0.4, -0.2) is 16.1 Å². The third kappa shape index (κ3) is 3.46.